The van der Waals surface area contributed by atoms with Crippen LogP contribution in [0.25, 0.3) is 0 Å². The van der Waals surface area contributed by atoms with Crippen molar-refractivity contribution in [3.63, 3.8) is 0 Å². The van der Waals surface area contributed by atoms with Crippen molar-refractivity contribution < 1.29 is 24.5 Å². The van der Waals surface area contributed by atoms with Crippen LogP contribution in [0.2, 0.25) is 0 Å². The van der Waals surface area contributed by atoms with Gasteiger partial charge in [-0.05, 0) is 20.8 Å². The third kappa shape index (κ3) is 1.90. The minimum atomic E-state index is -1.49. The van der Waals surface area contributed by atoms with E-state index in [2.05, 4.69) is 0 Å². The largest absolute Gasteiger partial charge is 0.481 e. The van der Waals surface area contributed by atoms with E-state index < -0.39 is 23.4 Å². The van der Waals surface area contributed by atoms with Crippen LogP contribution in [0.3, 0.4) is 0 Å². The fourth-order valence-electron chi connectivity index (χ4n) is 1.39. The van der Waals surface area contributed by atoms with Crippen LogP contribution in [0.1, 0.15) is 27.2 Å². The molecule has 0 bridgehead atoms. The molecule has 6 heteroatoms. The predicted octanol–water partition coefficient (Wildman–Crippen LogP) is 0.400. The predicted molar refractivity (Wildman–Crippen MR) is 50.1 cm³/mol. The van der Waals surface area contributed by atoms with Gasteiger partial charge in [-0.2, -0.15) is 0 Å². The molecule has 0 saturated carbocycles. The maximum atomic E-state index is 11.4. The lowest BCUT2D eigenvalue weighted by molar-refractivity contribution is -0.141. The molecule has 1 atom stereocenters. The average molecular weight is 217 g/mol. The summed E-state index contributed by atoms with van der Waals surface area (Å²) in [7, 11) is 0. The summed E-state index contributed by atoms with van der Waals surface area (Å²) in [5, 5.41) is 18.6. The van der Waals surface area contributed by atoms with Crippen LogP contribution >= 0.6 is 0 Å². The zero-order valence-electron chi connectivity index (χ0n) is 8.98. The average Bonchev–Trinajstić information content (AvgIpc) is 2.15. The van der Waals surface area contributed by atoms with E-state index in [0.29, 0.717) is 0 Å². The second-order valence-electron chi connectivity index (χ2n) is 4.19. The number of cyclic esters (lactones) is 1. The van der Waals surface area contributed by atoms with E-state index in [-0.39, 0.29) is 13.0 Å². The van der Waals surface area contributed by atoms with Crippen LogP contribution in [0, 0.1) is 0 Å². The zero-order valence-corrected chi connectivity index (χ0v) is 8.98. The van der Waals surface area contributed by atoms with Gasteiger partial charge in [-0.25, -0.2) is 4.79 Å². The monoisotopic (exact) mass is 217 g/mol. The van der Waals surface area contributed by atoms with Gasteiger partial charge in [-0.15, -0.1) is 0 Å². The molecule has 1 heterocycles. The number of nitrogens with zero attached hydrogens (tertiary/aromatic N) is 1. The summed E-state index contributed by atoms with van der Waals surface area (Å²) in [6, 6.07) is 0. The van der Waals surface area contributed by atoms with Gasteiger partial charge in [0, 0.05) is 6.54 Å². The molecule has 1 fully saturated rings. The van der Waals surface area contributed by atoms with Crippen molar-refractivity contribution in [3.05, 3.63) is 0 Å². The molecule has 0 aliphatic carbocycles. The number of aliphatic hydroxyl groups is 1. The third-order valence-corrected chi connectivity index (χ3v) is 2.78. The van der Waals surface area contributed by atoms with Gasteiger partial charge in [0.15, 0.2) is 11.3 Å². The number of hydrogen-bond donors (Lipinski definition) is 2. The van der Waals surface area contributed by atoms with Gasteiger partial charge >= 0.3 is 12.1 Å². The summed E-state index contributed by atoms with van der Waals surface area (Å²) < 4.78 is 4.95. The number of aliphatic carboxylic acids is 1. The Hall–Kier alpha value is -1.30. The first-order valence-electron chi connectivity index (χ1n) is 4.63. The molecule has 0 aromatic heterocycles. The lowest BCUT2D eigenvalue weighted by Gasteiger charge is -2.34. The fourth-order valence-corrected chi connectivity index (χ4v) is 1.39. The molecular weight excluding hydrogens is 202 g/mol. The molecule has 0 aromatic rings. The molecule has 0 aromatic carbocycles. The second-order valence-corrected chi connectivity index (χ2v) is 4.19. The summed E-state index contributed by atoms with van der Waals surface area (Å²) in [6.07, 6.45) is -0.910. The summed E-state index contributed by atoms with van der Waals surface area (Å²) in [6.45, 7) is 4.52. The Balaban J connectivity index is 2.80. The minimum absolute atomic E-state index is 0.0649. The zero-order chi connectivity index (χ0) is 11.9. The van der Waals surface area contributed by atoms with E-state index in [1.165, 1.54) is 6.92 Å². The van der Waals surface area contributed by atoms with Gasteiger partial charge in [0.05, 0.1) is 6.42 Å². The Morgan fingerprint density at radius 2 is 2.00 bits per heavy atom. The quantitative estimate of drug-likeness (QED) is 0.714. The summed E-state index contributed by atoms with van der Waals surface area (Å²) in [5.41, 5.74) is -2.53. The van der Waals surface area contributed by atoms with Gasteiger partial charge in [-0.1, -0.05) is 0 Å². The van der Waals surface area contributed by atoms with Gasteiger partial charge in [0.2, 0.25) is 0 Å². The van der Waals surface area contributed by atoms with Crippen LogP contribution < -0.4 is 0 Å². The SMILES string of the molecule is CC1(C)OC(=O)N(CCC(=O)O)C1(C)O. The van der Waals surface area contributed by atoms with Crippen molar-refractivity contribution in [2.45, 2.75) is 38.5 Å². The Kier molecular flexibility index (Phi) is 2.65. The van der Waals surface area contributed by atoms with Crippen molar-refractivity contribution >= 4 is 12.1 Å². The highest BCUT2D eigenvalue weighted by Crippen LogP contribution is 2.36. The molecule has 1 amide bonds. The number of carboxylic acids is 1. The van der Waals surface area contributed by atoms with Crippen LogP contribution in [0.4, 0.5) is 4.79 Å². The highest BCUT2D eigenvalue weighted by Gasteiger charge is 2.56. The number of carboxylic acid groups (broad SMARTS) is 1. The van der Waals surface area contributed by atoms with Crippen molar-refractivity contribution in [1.82, 2.24) is 4.90 Å². The first-order valence-corrected chi connectivity index (χ1v) is 4.63. The van der Waals surface area contributed by atoms with Gasteiger partial charge < -0.3 is 14.9 Å². The van der Waals surface area contributed by atoms with Crippen LogP contribution in [0.15, 0.2) is 0 Å². The van der Waals surface area contributed by atoms with Gasteiger partial charge in [0.25, 0.3) is 0 Å². The van der Waals surface area contributed by atoms with Gasteiger partial charge in [0.1, 0.15) is 0 Å². The van der Waals surface area contributed by atoms with E-state index in [1.807, 2.05) is 0 Å². The normalized spacial score (nSPS) is 29.1. The molecule has 1 aliphatic heterocycles. The number of carbonyl (C=O) groups is 2. The van der Waals surface area contributed by atoms with E-state index >= 15 is 0 Å². The molecule has 0 spiro atoms. The van der Waals surface area contributed by atoms with Crippen molar-refractivity contribution in [2.24, 2.45) is 0 Å². The maximum absolute atomic E-state index is 11.4. The summed E-state index contributed by atoms with van der Waals surface area (Å²) in [4.78, 5) is 22.8. The number of amides is 1. The Morgan fingerprint density at radius 1 is 1.47 bits per heavy atom. The number of hydrogen-bond acceptors (Lipinski definition) is 4. The smallest absolute Gasteiger partial charge is 0.412 e. The highest BCUT2D eigenvalue weighted by molar-refractivity contribution is 5.73. The lowest BCUT2D eigenvalue weighted by atomic mass is 9.96. The maximum Gasteiger partial charge on any atom is 0.412 e. The van der Waals surface area contributed by atoms with E-state index in [4.69, 9.17) is 9.84 Å². The molecule has 15 heavy (non-hydrogen) atoms. The van der Waals surface area contributed by atoms with Crippen molar-refractivity contribution in [2.75, 3.05) is 6.54 Å². The van der Waals surface area contributed by atoms with E-state index in [0.717, 1.165) is 4.90 Å². The lowest BCUT2D eigenvalue weighted by Crippen LogP contribution is -2.53. The molecule has 2 N–H and O–H groups in total. The topological polar surface area (TPSA) is 87.1 Å². The summed E-state index contributed by atoms with van der Waals surface area (Å²) in [5.74, 6) is -1.02. The minimum Gasteiger partial charge on any atom is -0.481 e. The molecule has 1 saturated heterocycles. The van der Waals surface area contributed by atoms with Crippen LogP contribution in [-0.2, 0) is 9.53 Å². The molecular formula is C9H15NO5. The molecule has 86 valence electrons. The molecule has 1 aliphatic rings. The Bertz CT molecular complexity index is 297. The Morgan fingerprint density at radius 3 is 2.33 bits per heavy atom. The molecule has 1 rings (SSSR count). The van der Waals surface area contributed by atoms with Gasteiger partial charge in [-0.3, -0.25) is 9.69 Å². The first kappa shape index (κ1) is 11.8. The number of rotatable bonds is 3. The van der Waals surface area contributed by atoms with E-state index in [1.54, 1.807) is 13.8 Å². The molecule has 0 radical (unpaired) electrons. The number of ether oxygens (including phenoxy) is 1. The third-order valence-electron chi connectivity index (χ3n) is 2.78. The Labute approximate surface area is 87.4 Å². The molecule has 6 nitrogen and oxygen atoms in total. The first-order chi connectivity index (χ1) is 6.68. The fraction of sp³-hybridized carbons (Fsp3) is 0.778. The molecule has 1 unspecified atom stereocenters. The standard InChI is InChI=1S/C9H15NO5/c1-8(2)9(3,14)10(7(13)15-8)5-4-6(11)12/h14H,4-5H2,1-3H3,(H,11,12). The van der Waals surface area contributed by atoms with Crippen molar-refractivity contribution in [1.29, 1.82) is 0 Å². The second kappa shape index (κ2) is 3.37. The summed E-state index contributed by atoms with van der Waals surface area (Å²) >= 11 is 0. The van der Waals surface area contributed by atoms with Crippen LogP contribution in [-0.4, -0.2) is 45.0 Å². The van der Waals surface area contributed by atoms with Crippen molar-refractivity contribution in [3.8, 4) is 0 Å². The van der Waals surface area contributed by atoms with E-state index in [9.17, 15) is 14.7 Å². The number of carbonyl (C=O) groups excluding carboxylic acids is 1. The highest BCUT2D eigenvalue weighted by atomic mass is 16.6. The van der Waals surface area contributed by atoms with Crippen LogP contribution in [0.5, 0.6) is 0 Å².